The summed E-state index contributed by atoms with van der Waals surface area (Å²) in [4.78, 5) is 0. The molecule has 1 aliphatic heterocycles. The van der Waals surface area contributed by atoms with E-state index < -0.39 is 7.37 Å². The number of benzene rings is 1. The molecule has 106 valence electrons. The summed E-state index contributed by atoms with van der Waals surface area (Å²) in [5.41, 5.74) is 1.85. The highest BCUT2D eigenvalue weighted by atomic mass is 31.2. The Morgan fingerprint density at radius 1 is 1.40 bits per heavy atom. The first kappa shape index (κ1) is 13.7. The Balaban J connectivity index is 2.21. The molecule has 0 bridgehead atoms. The average Bonchev–Trinajstić information content (AvgIpc) is 2.49. The Kier molecular flexibility index (Phi) is 3.57. The highest BCUT2D eigenvalue weighted by molar-refractivity contribution is 7.65. The molecule has 3 rings (SSSR count). The standard InChI is InChI=1S/C16H19O3P/c1-2-12(11-17)20(18)16-10-6-4-8-14(16)13-7-3-5-9-15(13)19-20/h3,5-7,9-10,12,17H,2,4,8,11H2,1H3. The quantitative estimate of drug-likeness (QED) is 0.849. The minimum Gasteiger partial charge on any atom is -0.439 e. The molecule has 0 aromatic heterocycles. The van der Waals surface area contributed by atoms with Gasteiger partial charge in [0.1, 0.15) is 5.75 Å². The molecule has 1 aromatic carbocycles. The zero-order chi connectivity index (χ0) is 14.2. The van der Waals surface area contributed by atoms with Crippen molar-refractivity contribution in [2.45, 2.75) is 31.8 Å². The van der Waals surface area contributed by atoms with Crippen LogP contribution in [-0.4, -0.2) is 17.4 Å². The third-order valence-corrected chi connectivity index (χ3v) is 7.14. The molecule has 2 aliphatic rings. The van der Waals surface area contributed by atoms with E-state index in [-0.39, 0.29) is 12.3 Å². The molecular formula is C16H19O3P. The predicted molar refractivity (Wildman–Crippen MR) is 81.1 cm³/mol. The number of hydrogen-bond acceptors (Lipinski definition) is 3. The van der Waals surface area contributed by atoms with Crippen molar-refractivity contribution in [1.29, 1.82) is 0 Å². The minimum atomic E-state index is -3.04. The van der Waals surface area contributed by atoms with Crippen LogP contribution in [-0.2, 0) is 4.57 Å². The maximum Gasteiger partial charge on any atom is 0.282 e. The first-order chi connectivity index (χ1) is 9.70. The molecule has 0 saturated heterocycles. The summed E-state index contributed by atoms with van der Waals surface area (Å²) in [7, 11) is -3.04. The molecule has 1 aliphatic carbocycles. The Morgan fingerprint density at radius 2 is 2.20 bits per heavy atom. The maximum absolute atomic E-state index is 13.4. The highest BCUT2D eigenvalue weighted by Crippen LogP contribution is 2.66. The normalized spacial score (nSPS) is 25.7. The molecule has 0 fully saturated rings. The second kappa shape index (κ2) is 5.23. The summed E-state index contributed by atoms with van der Waals surface area (Å²) in [5.74, 6) is 0.691. The van der Waals surface area contributed by atoms with Crippen molar-refractivity contribution in [3.8, 4) is 5.75 Å². The Labute approximate surface area is 119 Å². The summed E-state index contributed by atoms with van der Waals surface area (Å²) >= 11 is 0. The van der Waals surface area contributed by atoms with Crippen LogP contribution in [0.3, 0.4) is 0 Å². The van der Waals surface area contributed by atoms with Gasteiger partial charge in [-0.1, -0.05) is 37.3 Å². The lowest BCUT2D eigenvalue weighted by Crippen LogP contribution is -2.21. The first-order valence-electron chi connectivity index (χ1n) is 7.10. The van der Waals surface area contributed by atoms with Gasteiger partial charge in [0.05, 0.1) is 17.6 Å². The van der Waals surface area contributed by atoms with Gasteiger partial charge < -0.3 is 9.63 Å². The lowest BCUT2D eigenvalue weighted by molar-refractivity contribution is 0.281. The summed E-state index contributed by atoms with van der Waals surface area (Å²) in [6.07, 6.45) is 6.47. The fourth-order valence-electron chi connectivity index (χ4n) is 2.95. The second-order valence-electron chi connectivity index (χ2n) is 5.23. The van der Waals surface area contributed by atoms with E-state index in [0.29, 0.717) is 12.2 Å². The van der Waals surface area contributed by atoms with E-state index in [9.17, 15) is 9.67 Å². The van der Waals surface area contributed by atoms with Crippen LogP contribution in [0, 0.1) is 0 Å². The summed E-state index contributed by atoms with van der Waals surface area (Å²) in [6.45, 7) is 1.83. The molecule has 3 nitrogen and oxygen atoms in total. The van der Waals surface area contributed by atoms with Crippen molar-refractivity contribution in [3.05, 3.63) is 47.3 Å². The predicted octanol–water partition coefficient (Wildman–Crippen LogP) is 4.19. The van der Waals surface area contributed by atoms with Gasteiger partial charge in [-0.25, -0.2) is 0 Å². The molecule has 4 heteroatoms. The van der Waals surface area contributed by atoms with Gasteiger partial charge in [0.15, 0.2) is 0 Å². The molecule has 1 N–H and O–H groups in total. The molecular weight excluding hydrogens is 271 g/mol. The van der Waals surface area contributed by atoms with Crippen molar-refractivity contribution in [3.63, 3.8) is 0 Å². The Bertz CT molecular complexity index is 626. The molecule has 0 radical (unpaired) electrons. The molecule has 2 unspecified atom stereocenters. The lowest BCUT2D eigenvalue weighted by Gasteiger charge is -2.34. The van der Waals surface area contributed by atoms with E-state index in [2.05, 4.69) is 0 Å². The first-order valence-corrected chi connectivity index (χ1v) is 8.80. The number of aliphatic hydroxyl groups excluding tert-OH is 1. The van der Waals surface area contributed by atoms with E-state index in [1.54, 1.807) is 0 Å². The number of aliphatic hydroxyl groups is 1. The summed E-state index contributed by atoms with van der Waals surface area (Å²) in [6, 6.07) is 7.76. The van der Waals surface area contributed by atoms with Crippen LogP contribution in [0.25, 0.3) is 5.57 Å². The van der Waals surface area contributed by atoms with Gasteiger partial charge in [-0.05, 0) is 30.9 Å². The summed E-state index contributed by atoms with van der Waals surface area (Å²) in [5, 5.41) is 10.4. The van der Waals surface area contributed by atoms with Crippen molar-refractivity contribution >= 4 is 12.9 Å². The number of hydrogen-bond donors (Lipinski definition) is 1. The van der Waals surface area contributed by atoms with Gasteiger partial charge in [-0.3, -0.25) is 4.57 Å². The maximum atomic E-state index is 13.4. The molecule has 20 heavy (non-hydrogen) atoms. The number of fused-ring (bicyclic) bond motifs is 2. The molecule has 1 aromatic rings. The van der Waals surface area contributed by atoms with Crippen molar-refractivity contribution in [2.75, 3.05) is 6.61 Å². The van der Waals surface area contributed by atoms with E-state index in [1.165, 1.54) is 0 Å². The molecule has 0 spiro atoms. The van der Waals surface area contributed by atoms with E-state index >= 15 is 0 Å². The van der Waals surface area contributed by atoms with Crippen LogP contribution in [0.2, 0.25) is 0 Å². The van der Waals surface area contributed by atoms with Crippen molar-refractivity contribution in [2.24, 2.45) is 0 Å². The highest BCUT2D eigenvalue weighted by Gasteiger charge is 2.42. The van der Waals surface area contributed by atoms with Crippen LogP contribution < -0.4 is 4.52 Å². The van der Waals surface area contributed by atoms with Gasteiger partial charge in [-0.2, -0.15) is 0 Å². The van der Waals surface area contributed by atoms with E-state index in [0.717, 1.165) is 29.3 Å². The van der Waals surface area contributed by atoms with Crippen LogP contribution in [0.1, 0.15) is 31.7 Å². The molecule has 1 heterocycles. The second-order valence-corrected chi connectivity index (χ2v) is 7.82. The van der Waals surface area contributed by atoms with Gasteiger partial charge >= 0.3 is 0 Å². The SMILES string of the molecule is CCC(CO)P1(=O)Oc2ccccc2C2=C1C=CCC2. The molecule has 2 atom stereocenters. The van der Waals surface area contributed by atoms with Gasteiger partial charge in [0.2, 0.25) is 0 Å². The largest absolute Gasteiger partial charge is 0.439 e. The molecule has 0 amide bonds. The zero-order valence-corrected chi connectivity index (χ0v) is 12.5. The third-order valence-electron chi connectivity index (χ3n) is 4.09. The fourth-order valence-corrected chi connectivity index (χ4v) is 5.66. The number of para-hydroxylation sites is 1. The van der Waals surface area contributed by atoms with Crippen LogP contribution in [0.5, 0.6) is 5.75 Å². The van der Waals surface area contributed by atoms with Crippen LogP contribution in [0.4, 0.5) is 0 Å². The third kappa shape index (κ3) is 1.97. The van der Waals surface area contributed by atoms with Gasteiger partial charge in [-0.15, -0.1) is 0 Å². The Morgan fingerprint density at radius 3 is 2.95 bits per heavy atom. The Hall–Kier alpha value is -1.31. The van der Waals surface area contributed by atoms with Crippen LogP contribution >= 0.6 is 7.37 Å². The topological polar surface area (TPSA) is 46.5 Å². The van der Waals surface area contributed by atoms with Gasteiger partial charge in [0.25, 0.3) is 7.37 Å². The number of rotatable bonds is 3. The molecule has 0 saturated carbocycles. The minimum absolute atomic E-state index is 0.111. The lowest BCUT2D eigenvalue weighted by atomic mass is 9.96. The van der Waals surface area contributed by atoms with Crippen molar-refractivity contribution in [1.82, 2.24) is 0 Å². The fraction of sp³-hybridized carbons (Fsp3) is 0.375. The van der Waals surface area contributed by atoms with Crippen molar-refractivity contribution < 1.29 is 14.2 Å². The van der Waals surface area contributed by atoms with Crippen LogP contribution in [0.15, 0.2) is 41.7 Å². The van der Waals surface area contributed by atoms with E-state index in [1.807, 2.05) is 43.3 Å². The number of allylic oxidation sites excluding steroid dienone is 4. The zero-order valence-electron chi connectivity index (χ0n) is 11.6. The smallest absolute Gasteiger partial charge is 0.282 e. The van der Waals surface area contributed by atoms with E-state index in [4.69, 9.17) is 4.52 Å². The summed E-state index contributed by atoms with van der Waals surface area (Å²) < 4.78 is 19.4. The van der Waals surface area contributed by atoms with Gasteiger partial charge in [0, 0.05) is 5.56 Å². The monoisotopic (exact) mass is 290 g/mol. The average molecular weight is 290 g/mol.